The second kappa shape index (κ2) is 15.2. The van der Waals surface area contributed by atoms with Crippen molar-refractivity contribution in [1.29, 1.82) is 0 Å². The number of β-amino-alcohol motifs (C(OH)–C–C–N with tert-alkyl or cyclic N) is 1. The highest BCUT2D eigenvalue weighted by Crippen LogP contribution is 2.42. The van der Waals surface area contributed by atoms with Gasteiger partial charge in [0.15, 0.2) is 0 Å². The van der Waals surface area contributed by atoms with E-state index in [2.05, 4.69) is 39.3 Å². The van der Waals surface area contributed by atoms with Crippen molar-refractivity contribution in [3.05, 3.63) is 82.0 Å². The molecule has 2 amide bonds. The summed E-state index contributed by atoms with van der Waals surface area (Å²) in [4.78, 5) is 38.8. The molecule has 13 heteroatoms. The summed E-state index contributed by atoms with van der Waals surface area (Å²) in [5, 5.41) is 23.5. The summed E-state index contributed by atoms with van der Waals surface area (Å²) < 4.78 is 5.60. The molecule has 1 unspecified atom stereocenters. The number of aromatic nitrogens is 2. The van der Waals surface area contributed by atoms with Gasteiger partial charge in [-0.05, 0) is 43.2 Å². The number of carbonyl (C=O) groups excluding carboxylic acids is 1. The number of benzene rings is 2. The van der Waals surface area contributed by atoms with Gasteiger partial charge in [0.2, 0.25) is 11.8 Å². The van der Waals surface area contributed by atoms with Crippen molar-refractivity contribution in [3.63, 3.8) is 0 Å². The number of nitrogens with zero attached hydrogens (tertiary/aromatic N) is 5. The smallest absolute Gasteiger partial charge is 0.407 e. The number of carboxylic acid groups (broad SMARTS) is 1. The van der Waals surface area contributed by atoms with Gasteiger partial charge >= 0.3 is 6.09 Å². The van der Waals surface area contributed by atoms with Crippen LogP contribution in [-0.2, 0) is 17.9 Å². The number of hydrogen-bond acceptors (Lipinski definition) is 8. The fraction of sp³-hybridized carbons (Fsp3) is 0.351. The molecule has 1 saturated heterocycles. The summed E-state index contributed by atoms with van der Waals surface area (Å²) in [5.74, 6) is 0.202. The summed E-state index contributed by atoms with van der Waals surface area (Å²) in [7, 11) is 3.56. The van der Waals surface area contributed by atoms with Crippen LogP contribution in [0.5, 0.6) is 5.88 Å². The van der Waals surface area contributed by atoms with E-state index in [0.29, 0.717) is 57.5 Å². The Balaban J connectivity index is 1.28. The third kappa shape index (κ3) is 7.66. The SMILES string of the molecule is COc1nc(-c2cccc(-c3ccnc(-c4ccc5c(c4)N(C)CCN(CC(C)O)C5)c3Cl)c2Cl)ccc1CN(C[C@@H]1CCC(=O)N1)C(=O)O. The van der Waals surface area contributed by atoms with Gasteiger partial charge in [-0.2, -0.15) is 0 Å². The molecule has 262 valence electrons. The van der Waals surface area contributed by atoms with E-state index >= 15 is 0 Å². The summed E-state index contributed by atoms with van der Waals surface area (Å²) in [6, 6.07) is 17.1. The number of amides is 2. The Bertz CT molecular complexity index is 1910. The number of anilines is 1. The van der Waals surface area contributed by atoms with E-state index in [4.69, 9.17) is 32.9 Å². The molecule has 4 heterocycles. The molecule has 0 aliphatic carbocycles. The predicted octanol–water partition coefficient (Wildman–Crippen LogP) is 6.18. The largest absolute Gasteiger partial charge is 0.481 e. The lowest BCUT2D eigenvalue weighted by atomic mass is 9.98. The molecule has 1 fully saturated rings. The highest BCUT2D eigenvalue weighted by atomic mass is 35.5. The van der Waals surface area contributed by atoms with Crippen LogP contribution in [-0.4, -0.2) is 94.5 Å². The molecule has 3 N–H and O–H groups in total. The highest BCUT2D eigenvalue weighted by Gasteiger charge is 2.27. The molecule has 2 aromatic heterocycles. The van der Waals surface area contributed by atoms with Crippen LogP contribution >= 0.6 is 23.2 Å². The number of aliphatic hydroxyl groups is 1. The molecule has 0 saturated carbocycles. The van der Waals surface area contributed by atoms with Gasteiger partial charge in [0.05, 0.1) is 41.2 Å². The van der Waals surface area contributed by atoms with Gasteiger partial charge in [-0.1, -0.05) is 53.5 Å². The number of fused-ring (bicyclic) bond motifs is 1. The zero-order chi connectivity index (χ0) is 35.5. The quantitative estimate of drug-likeness (QED) is 0.176. The molecule has 0 bridgehead atoms. The van der Waals surface area contributed by atoms with E-state index in [-0.39, 0.29) is 30.9 Å². The van der Waals surface area contributed by atoms with Gasteiger partial charge in [0.25, 0.3) is 0 Å². The van der Waals surface area contributed by atoms with Crippen molar-refractivity contribution < 1.29 is 24.5 Å². The van der Waals surface area contributed by atoms with Gasteiger partial charge in [0, 0.05) is 91.9 Å². The highest BCUT2D eigenvalue weighted by molar-refractivity contribution is 6.39. The number of methoxy groups -OCH3 is 1. The van der Waals surface area contributed by atoms with Crippen LogP contribution in [0, 0.1) is 0 Å². The number of carbonyl (C=O) groups is 2. The average Bonchev–Trinajstić information content (AvgIpc) is 3.44. The van der Waals surface area contributed by atoms with E-state index in [1.165, 1.54) is 17.6 Å². The molecule has 4 aromatic rings. The Kier molecular flexibility index (Phi) is 10.8. The van der Waals surface area contributed by atoms with Gasteiger partial charge in [-0.3, -0.25) is 14.7 Å². The summed E-state index contributed by atoms with van der Waals surface area (Å²) in [5.41, 5.74) is 6.99. The van der Waals surface area contributed by atoms with Crippen LogP contribution in [0.15, 0.2) is 60.8 Å². The van der Waals surface area contributed by atoms with E-state index in [1.807, 2.05) is 37.3 Å². The summed E-state index contributed by atoms with van der Waals surface area (Å²) in [6.45, 7) is 5.04. The Hall–Kier alpha value is -4.42. The average molecular weight is 720 g/mol. The second-order valence-corrected chi connectivity index (χ2v) is 13.6. The van der Waals surface area contributed by atoms with Crippen molar-refractivity contribution in [2.24, 2.45) is 0 Å². The number of nitrogens with one attached hydrogen (secondary N) is 1. The lowest BCUT2D eigenvalue weighted by molar-refractivity contribution is -0.119. The second-order valence-electron chi connectivity index (χ2n) is 12.9. The predicted molar refractivity (Wildman–Crippen MR) is 195 cm³/mol. The molecule has 50 heavy (non-hydrogen) atoms. The maximum Gasteiger partial charge on any atom is 0.407 e. The van der Waals surface area contributed by atoms with Gasteiger partial charge < -0.3 is 30.1 Å². The Morgan fingerprint density at radius 1 is 1.10 bits per heavy atom. The molecule has 11 nitrogen and oxygen atoms in total. The van der Waals surface area contributed by atoms with Crippen molar-refractivity contribution in [2.45, 2.75) is 45.0 Å². The van der Waals surface area contributed by atoms with E-state index < -0.39 is 12.2 Å². The van der Waals surface area contributed by atoms with Crippen LogP contribution < -0.4 is 15.0 Å². The first kappa shape index (κ1) is 35.4. The van der Waals surface area contributed by atoms with E-state index in [9.17, 15) is 19.8 Å². The van der Waals surface area contributed by atoms with Crippen molar-refractivity contribution in [2.75, 3.05) is 45.2 Å². The summed E-state index contributed by atoms with van der Waals surface area (Å²) in [6.07, 6.45) is 1.20. The van der Waals surface area contributed by atoms with Crippen LogP contribution in [0.3, 0.4) is 0 Å². The minimum absolute atomic E-state index is 0.0416. The van der Waals surface area contributed by atoms with Crippen molar-refractivity contribution in [1.82, 2.24) is 25.1 Å². The Morgan fingerprint density at radius 3 is 2.60 bits per heavy atom. The van der Waals surface area contributed by atoms with E-state index in [0.717, 1.165) is 36.4 Å². The third-order valence-electron chi connectivity index (χ3n) is 9.18. The monoisotopic (exact) mass is 718 g/mol. The van der Waals surface area contributed by atoms with Crippen molar-refractivity contribution in [3.8, 4) is 39.5 Å². The first-order valence-corrected chi connectivity index (χ1v) is 17.3. The number of likely N-dealkylation sites (N-methyl/N-ethyl adjacent to an activating group) is 1. The minimum atomic E-state index is -1.10. The minimum Gasteiger partial charge on any atom is -0.481 e. The lowest BCUT2D eigenvalue weighted by Gasteiger charge is -2.23. The molecular weight excluding hydrogens is 679 g/mol. The maximum atomic E-state index is 12.1. The molecule has 2 aliphatic heterocycles. The number of halogens is 2. The molecule has 6 rings (SSSR count). The fourth-order valence-electron chi connectivity index (χ4n) is 6.66. The Morgan fingerprint density at radius 2 is 1.88 bits per heavy atom. The first-order chi connectivity index (χ1) is 24.0. The topological polar surface area (TPSA) is 131 Å². The molecule has 0 spiro atoms. The van der Waals surface area contributed by atoms with Crippen molar-refractivity contribution >= 4 is 40.9 Å². The normalized spacial score (nSPS) is 16.8. The molecule has 2 aliphatic rings. The molecule has 2 aromatic carbocycles. The van der Waals surface area contributed by atoms with Crippen LogP contribution in [0.1, 0.15) is 30.9 Å². The van der Waals surface area contributed by atoms with Gasteiger partial charge in [0.1, 0.15) is 0 Å². The van der Waals surface area contributed by atoms with Gasteiger partial charge in [-0.25, -0.2) is 9.78 Å². The molecular formula is C37H40Cl2N6O5. The zero-order valence-corrected chi connectivity index (χ0v) is 29.7. The summed E-state index contributed by atoms with van der Waals surface area (Å²) >= 11 is 14.2. The number of ether oxygens (including phenoxy) is 1. The number of rotatable bonds is 10. The first-order valence-electron chi connectivity index (χ1n) is 16.5. The molecule has 0 radical (unpaired) electrons. The number of pyridine rings is 2. The zero-order valence-electron chi connectivity index (χ0n) is 28.2. The lowest BCUT2D eigenvalue weighted by Crippen LogP contribution is -2.41. The van der Waals surface area contributed by atoms with Crippen LogP contribution in [0.2, 0.25) is 10.0 Å². The maximum absolute atomic E-state index is 12.1. The van der Waals surface area contributed by atoms with Crippen LogP contribution in [0.25, 0.3) is 33.6 Å². The Labute approximate surface area is 301 Å². The number of hydrogen-bond donors (Lipinski definition) is 3. The van der Waals surface area contributed by atoms with Crippen LogP contribution in [0.4, 0.5) is 10.5 Å². The van der Waals surface area contributed by atoms with Gasteiger partial charge in [-0.15, -0.1) is 0 Å². The van der Waals surface area contributed by atoms with E-state index in [1.54, 1.807) is 18.3 Å². The molecule has 2 atom stereocenters. The standard InChI is InChI=1S/C37H40Cl2N6O5/c1-22(46)18-44-16-15-43(2)31-17-23(7-8-24(31)19-44)35-34(39)28(13-14-40-35)27-5-4-6-29(33(27)38)30-11-9-25(36(42-30)50-3)20-45(37(48)49)21-26-10-12-32(47)41-26/h4-9,11,13-14,17,22,26,46H,10,12,15-16,18-21H2,1-3H3,(H,41,47)(H,48,49)/t22?,26-/m0/s1. The fourth-order valence-corrected chi connectivity index (χ4v) is 7.31. The number of aliphatic hydroxyl groups excluding tert-OH is 1. The third-order valence-corrected chi connectivity index (χ3v) is 9.97.